The van der Waals surface area contributed by atoms with E-state index in [0.717, 1.165) is 0 Å². The van der Waals surface area contributed by atoms with Crippen molar-refractivity contribution in [2.24, 2.45) is 0 Å². The van der Waals surface area contributed by atoms with Gasteiger partial charge in [-0.3, -0.25) is 0 Å². The number of hydrogen-bond donors (Lipinski definition) is 1. The number of anilines is 1. The van der Waals surface area contributed by atoms with E-state index in [0.29, 0.717) is 11.6 Å². The standard InChI is InChI=1S/C5H5N5/c6-4-3-8-5-7-1-2-9-10(4)5/h1-3H,6H2. The van der Waals surface area contributed by atoms with Crippen LogP contribution in [0.15, 0.2) is 18.6 Å². The Kier molecular flexibility index (Phi) is 0.858. The van der Waals surface area contributed by atoms with E-state index in [4.69, 9.17) is 5.73 Å². The molecule has 0 saturated heterocycles. The molecule has 0 aliphatic heterocycles. The molecule has 0 amide bonds. The first kappa shape index (κ1) is 5.16. The van der Waals surface area contributed by atoms with Crippen LogP contribution in [0.2, 0.25) is 0 Å². The molecule has 2 heterocycles. The minimum absolute atomic E-state index is 0.503. The van der Waals surface area contributed by atoms with Crippen molar-refractivity contribution in [3.05, 3.63) is 18.6 Å². The molecule has 0 aliphatic rings. The first-order valence-corrected chi connectivity index (χ1v) is 2.78. The lowest BCUT2D eigenvalue weighted by Crippen LogP contribution is -1.96. The topological polar surface area (TPSA) is 69.1 Å². The molecule has 0 spiro atoms. The predicted octanol–water partition coefficient (Wildman–Crippen LogP) is -0.294. The molecule has 2 aromatic rings. The van der Waals surface area contributed by atoms with Crippen LogP contribution >= 0.6 is 0 Å². The van der Waals surface area contributed by atoms with Crippen LogP contribution < -0.4 is 5.73 Å². The highest BCUT2D eigenvalue weighted by molar-refractivity contribution is 5.38. The fourth-order valence-electron chi connectivity index (χ4n) is 0.752. The lowest BCUT2D eigenvalue weighted by molar-refractivity contribution is 0.911. The van der Waals surface area contributed by atoms with Gasteiger partial charge in [-0.05, 0) is 0 Å². The summed E-state index contributed by atoms with van der Waals surface area (Å²) in [4.78, 5) is 7.79. The van der Waals surface area contributed by atoms with Crippen LogP contribution in [-0.2, 0) is 0 Å². The van der Waals surface area contributed by atoms with Crippen LogP contribution in [-0.4, -0.2) is 19.6 Å². The summed E-state index contributed by atoms with van der Waals surface area (Å²) in [6, 6.07) is 0. The summed E-state index contributed by atoms with van der Waals surface area (Å²) < 4.78 is 1.47. The van der Waals surface area contributed by atoms with Crippen LogP contribution in [0.25, 0.3) is 5.78 Å². The maximum absolute atomic E-state index is 5.47. The van der Waals surface area contributed by atoms with Crippen LogP contribution in [0.4, 0.5) is 5.82 Å². The minimum atomic E-state index is 0.503. The summed E-state index contributed by atoms with van der Waals surface area (Å²) in [5.41, 5.74) is 5.47. The molecule has 0 aliphatic carbocycles. The molecule has 5 heteroatoms. The van der Waals surface area contributed by atoms with E-state index in [2.05, 4.69) is 15.1 Å². The molecule has 0 bridgehead atoms. The Morgan fingerprint density at radius 2 is 2.20 bits per heavy atom. The van der Waals surface area contributed by atoms with Gasteiger partial charge in [0.2, 0.25) is 0 Å². The Balaban J connectivity index is 2.93. The molecule has 0 aromatic carbocycles. The van der Waals surface area contributed by atoms with Crippen molar-refractivity contribution in [3.8, 4) is 0 Å². The van der Waals surface area contributed by atoms with Crippen LogP contribution in [0.1, 0.15) is 0 Å². The average Bonchev–Trinajstić information content (AvgIpc) is 2.34. The Bertz CT molecular complexity index is 352. The van der Waals surface area contributed by atoms with Gasteiger partial charge in [0.1, 0.15) is 5.82 Å². The quantitative estimate of drug-likeness (QED) is 0.538. The second-order valence-corrected chi connectivity index (χ2v) is 1.84. The number of rotatable bonds is 0. The summed E-state index contributed by atoms with van der Waals surface area (Å²) >= 11 is 0. The number of nitrogen functional groups attached to an aromatic ring is 1. The third kappa shape index (κ3) is 0.540. The molecular weight excluding hydrogens is 130 g/mol. The fraction of sp³-hybridized carbons (Fsp3) is 0. The number of aromatic nitrogens is 4. The maximum atomic E-state index is 5.47. The highest BCUT2D eigenvalue weighted by Crippen LogP contribution is 2.00. The zero-order valence-electron chi connectivity index (χ0n) is 5.10. The van der Waals surface area contributed by atoms with Gasteiger partial charge in [-0.15, -0.1) is 0 Å². The van der Waals surface area contributed by atoms with Crippen molar-refractivity contribution < 1.29 is 0 Å². The van der Waals surface area contributed by atoms with Crippen molar-refractivity contribution in [1.29, 1.82) is 0 Å². The highest BCUT2D eigenvalue weighted by atomic mass is 15.3. The van der Waals surface area contributed by atoms with Crippen molar-refractivity contribution in [1.82, 2.24) is 19.6 Å². The van der Waals surface area contributed by atoms with Gasteiger partial charge < -0.3 is 5.73 Å². The summed E-state index contributed by atoms with van der Waals surface area (Å²) in [6.07, 6.45) is 4.65. The Hall–Kier alpha value is -1.65. The van der Waals surface area contributed by atoms with Crippen LogP contribution in [0.5, 0.6) is 0 Å². The second-order valence-electron chi connectivity index (χ2n) is 1.84. The number of fused-ring (bicyclic) bond motifs is 1. The van der Waals surface area contributed by atoms with Gasteiger partial charge in [0, 0.05) is 0 Å². The van der Waals surface area contributed by atoms with Crippen molar-refractivity contribution in [2.75, 3.05) is 5.73 Å². The van der Waals surface area contributed by atoms with Gasteiger partial charge in [-0.2, -0.15) is 9.61 Å². The highest BCUT2D eigenvalue weighted by Gasteiger charge is 1.97. The summed E-state index contributed by atoms with van der Waals surface area (Å²) in [7, 11) is 0. The third-order valence-corrected chi connectivity index (χ3v) is 1.19. The smallest absolute Gasteiger partial charge is 0.252 e. The second kappa shape index (κ2) is 1.66. The molecule has 10 heavy (non-hydrogen) atoms. The fourth-order valence-corrected chi connectivity index (χ4v) is 0.752. The summed E-state index contributed by atoms with van der Waals surface area (Å²) in [6.45, 7) is 0. The predicted molar refractivity (Wildman–Crippen MR) is 35.2 cm³/mol. The van der Waals surface area contributed by atoms with Crippen molar-refractivity contribution >= 4 is 11.6 Å². The van der Waals surface area contributed by atoms with E-state index in [1.165, 1.54) is 10.7 Å². The van der Waals surface area contributed by atoms with E-state index in [-0.39, 0.29) is 0 Å². The molecule has 50 valence electrons. The first-order valence-electron chi connectivity index (χ1n) is 2.78. The molecular formula is C5H5N5. The molecule has 0 radical (unpaired) electrons. The van der Waals surface area contributed by atoms with Crippen molar-refractivity contribution in [3.63, 3.8) is 0 Å². The molecule has 5 nitrogen and oxygen atoms in total. The third-order valence-electron chi connectivity index (χ3n) is 1.19. The largest absolute Gasteiger partial charge is 0.382 e. The van der Waals surface area contributed by atoms with Crippen molar-refractivity contribution in [2.45, 2.75) is 0 Å². The lowest BCUT2D eigenvalue weighted by Gasteiger charge is -1.89. The molecule has 0 saturated carbocycles. The van der Waals surface area contributed by atoms with E-state index < -0.39 is 0 Å². The number of nitrogens with zero attached hydrogens (tertiary/aromatic N) is 4. The molecule has 2 aromatic heterocycles. The molecule has 2 rings (SSSR count). The normalized spacial score (nSPS) is 10.4. The number of imidazole rings is 1. The Morgan fingerprint density at radius 1 is 1.30 bits per heavy atom. The maximum Gasteiger partial charge on any atom is 0.252 e. The van der Waals surface area contributed by atoms with E-state index >= 15 is 0 Å². The zero-order chi connectivity index (χ0) is 6.97. The minimum Gasteiger partial charge on any atom is -0.382 e. The SMILES string of the molecule is Nc1cnc2nccnn12. The van der Waals surface area contributed by atoms with E-state index in [9.17, 15) is 0 Å². The average molecular weight is 135 g/mol. The zero-order valence-corrected chi connectivity index (χ0v) is 5.10. The van der Waals surface area contributed by atoms with Crippen LogP contribution in [0, 0.1) is 0 Å². The van der Waals surface area contributed by atoms with Gasteiger partial charge in [-0.25, -0.2) is 9.97 Å². The van der Waals surface area contributed by atoms with Gasteiger partial charge >= 0.3 is 0 Å². The Morgan fingerprint density at radius 3 is 3.00 bits per heavy atom. The molecule has 2 N–H and O–H groups in total. The summed E-state index contributed by atoms with van der Waals surface area (Å²) in [5.74, 6) is 1.03. The number of hydrogen-bond acceptors (Lipinski definition) is 4. The number of nitrogens with two attached hydrogens (primary N) is 1. The molecule has 0 fully saturated rings. The van der Waals surface area contributed by atoms with Gasteiger partial charge in [0.15, 0.2) is 0 Å². The Labute approximate surface area is 56.5 Å². The van der Waals surface area contributed by atoms with Gasteiger partial charge in [-0.1, -0.05) is 0 Å². The monoisotopic (exact) mass is 135 g/mol. The van der Waals surface area contributed by atoms with Gasteiger partial charge in [0.25, 0.3) is 5.78 Å². The molecule has 0 atom stereocenters. The van der Waals surface area contributed by atoms with E-state index in [1.54, 1.807) is 12.4 Å². The van der Waals surface area contributed by atoms with Crippen LogP contribution in [0.3, 0.4) is 0 Å². The lowest BCUT2D eigenvalue weighted by atomic mass is 10.8. The van der Waals surface area contributed by atoms with E-state index in [1.807, 2.05) is 0 Å². The molecule has 0 unspecified atom stereocenters. The first-order chi connectivity index (χ1) is 4.88. The summed E-state index contributed by atoms with van der Waals surface area (Å²) in [5, 5.41) is 3.91. The van der Waals surface area contributed by atoms with Gasteiger partial charge in [0.05, 0.1) is 18.6 Å².